The van der Waals surface area contributed by atoms with E-state index < -0.39 is 47.3 Å². The van der Waals surface area contributed by atoms with Gasteiger partial charge in [-0.2, -0.15) is 4.90 Å². The molecule has 0 saturated heterocycles. The number of carboxylic acid groups (broad SMARTS) is 1. The first-order chi connectivity index (χ1) is 14.5. The van der Waals surface area contributed by atoms with E-state index in [1.165, 1.54) is 0 Å². The van der Waals surface area contributed by atoms with E-state index in [0.29, 0.717) is 24.3 Å². The molecule has 2 atom stereocenters. The maximum atomic E-state index is 13.2. The number of carbonyl (C=O) groups is 4. The van der Waals surface area contributed by atoms with Gasteiger partial charge in [0, 0.05) is 0 Å². The highest BCUT2D eigenvalue weighted by Crippen LogP contribution is 2.20. The van der Waals surface area contributed by atoms with Gasteiger partial charge in [0.2, 0.25) is 5.91 Å². The van der Waals surface area contributed by atoms with Crippen molar-refractivity contribution in [1.29, 1.82) is 0 Å². The number of nitrogens with one attached hydrogen (secondary N) is 1. The predicted molar refractivity (Wildman–Crippen MR) is 120 cm³/mol. The van der Waals surface area contributed by atoms with Crippen molar-refractivity contribution in [2.24, 2.45) is 11.7 Å². The van der Waals surface area contributed by atoms with E-state index in [9.17, 15) is 24.3 Å². The lowest BCUT2D eigenvalue weighted by molar-refractivity contribution is -0.143. The van der Waals surface area contributed by atoms with Gasteiger partial charge in [-0.3, -0.25) is 4.79 Å². The zero-order chi connectivity index (χ0) is 25.3. The maximum absolute atomic E-state index is 13.2. The first kappa shape index (κ1) is 29.6. The number of carbonyl (C=O) groups excluding carboxylic acids is 3. The van der Waals surface area contributed by atoms with Gasteiger partial charge in [-0.15, -0.1) is 0 Å². The Labute approximate surface area is 191 Å². The Morgan fingerprint density at radius 2 is 1.41 bits per heavy atom. The Morgan fingerprint density at radius 1 is 0.938 bits per heavy atom. The summed E-state index contributed by atoms with van der Waals surface area (Å²) in [7, 11) is 0. The number of nitrogens with zero attached hydrogens (tertiary/aromatic N) is 1. The zero-order valence-electron chi connectivity index (χ0n) is 20.7. The summed E-state index contributed by atoms with van der Waals surface area (Å²) in [6.07, 6.45) is -0.844. The molecule has 0 heterocycles. The van der Waals surface area contributed by atoms with Gasteiger partial charge in [-0.25, -0.2) is 14.4 Å². The first-order valence-electron chi connectivity index (χ1n) is 11.0. The van der Waals surface area contributed by atoms with Crippen molar-refractivity contribution >= 4 is 24.1 Å². The summed E-state index contributed by atoms with van der Waals surface area (Å²) in [5, 5.41) is 12.0. The van der Waals surface area contributed by atoms with Crippen molar-refractivity contribution in [2.45, 2.75) is 104 Å². The SMILES string of the molecule is CC(C)CC(NC(=O)[C@H](CCCCN)N(C(=O)OC(C)(C)C)C(=O)OC(C)(C)C)C(=O)O. The van der Waals surface area contributed by atoms with Crippen LogP contribution in [0.1, 0.15) is 81.1 Å². The lowest BCUT2D eigenvalue weighted by Gasteiger charge is -2.33. The summed E-state index contributed by atoms with van der Waals surface area (Å²) in [5.41, 5.74) is 3.69. The molecular weight excluding hydrogens is 418 g/mol. The van der Waals surface area contributed by atoms with Gasteiger partial charge in [-0.05, 0) is 79.7 Å². The second kappa shape index (κ2) is 12.6. The fraction of sp³-hybridized carbons (Fsp3) is 0.818. The number of aliphatic carboxylic acids is 1. The van der Waals surface area contributed by atoms with Crippen LogP contribution in [-0.4, -0.2) is 63.9 Å². The third-order valence-electron chi connectivity index (χ3n) is 4.05. The molecule has 186 valence electrons. The van der Waals surface area contributed by atoms with E-state index in [-0.39, 0.29) is 18.8 Å². The normalized spacial score (nSPS) is 13.8. The average molecular weight is 460 g/mol. The Bertz CT molecular complexity index is 623. The summed E-state index contributed by atoms with van der Waals surface area (Å²) in [6.45, 7) is 13.8. The van der Waals surface area contributed by atoms with Crippen molar-refractivity contribution in [2.75, 3.05) is 6.54 Å². The average Bonchev–Trinajstić information content (AvgIpc) is 2.56. The van der Waals surface area contributed by atoms with E-state index in [1.54, 1.807) is 41.5 Å². The number of amides is 3. The number of unbranched alkanes of at least 4 members (excludes halogenated alkanes) is 1. The molecule has 32 heavy (non-hydrogen) atoms. The largest absolute Gasteiger partial charge is 0.480 e. The van der Waals surface area contributed by atoms with Gasteiger partial charge in [0.15, 0.2) is 0 Å². The molecule has 0 saturated carbocycles. The predicted octanol–water partition coefficient (Wildman–Crippen LogP) is 3.27. The lowest BCUT2D eigenvalue weighted by atomic mass is 10.0. The fourth-order valence-corrected chi connectivity index (χ4v) is 2.77. The van der Waals surface area contributed by atoms with Crippen molar-refractivity contribution in [3.05, 3.63) is 0 Å². The minimum absolute atomic E-state index is 0.0000880. The van der Waals surface area contributed by atoms with Gasteiger partial charge >= 0.3 is 18.2 Å². The number of rotatable bonds is 10. The zero-order valence-corrected chi connectivity index (χ0v) is 20.7. The molecule has 0 aromatic rings. The third kappa shape index (κ3) is 11.9. The number of imide groups is 1. The van der Waals surface area contributed by atoms with E-state index >= 15 is 0 Å². The Hall–Kier alpha value is -2.36. The van der Waals surface area contributed by atoms with Crippen LogP contribution in [0.4, 0.5) is 9.59 Å². The molecule has 0 spiro atoms. The highest BCUT2D eigenvalue weighted by Gasteiger charge is 2.41. The molecule has 0 aliphatic rings. The molecule has 0 fully saturated rings. The summed E-state index contributed by atoms with van der Waals surface area (Å²) in [4.78, 5) is 51.3. The molecule has 1 unspecified atom stereocenters. The number of ether oxygens (including phenoxy) is 2. The van der Waals surface area contributed by atoms with Gasteiger partial charge in [0.1, 0.15) is 23.3 Å². The molecule has 0 aromatic carbocycles. The van der Waals surface area contributed by atoms with Gasteiger partial charge in [0.25, 0.3) is 0 Å². The van der Waals surface area contributed by atoms with Crippen LogP contribution >= 0.6 is 0 Å². The van der Waals surface area contributed by atoms with Gasteiger partial charge in [0.05, 0.1) is 0 Å². The minimum Gasteiger partial charge on any atom is -0.480 e. The number of nitrogens with two attached hydrogens (primary N) is 1. The van der Waals surface area contributed by atoms with E-state index in [1.807, 2.05) is 13.8 Å². The quantitative estimate of drug-likeness (QED) is 0.422. The topological polar surface area (TPSA) is 148 Å². The van der Waals surface area contributed by atoms with Crippen LogP contribution in [-0.2, 0) is 19.1 Å². The molecule has 10 nitrogen and oxygen atoms in total. The van der Waals surface area contributed by atoms with Crippen molar-refractivity contribution in [1.82, 2.24) is 10.2 Å². The van der Waals surface area contributed by atoms with Crippen LogP contribution in [0.25, 0.3) is 0 Å². The minimum atomic E-state index is -1.32. The van der Waals surface area contributed by atoms with Crippen LogP contribution in [0, 0.1) is 5.92 Å². The van der Waals surface area contributed by atoms with E-state index in [4.69, 9.17) is 15.2 Å². The smallest absolute Gasteiger partial charge is 0.420 e. The molecule has 10 heteroatoms. The second-order valence-electron chi connectivity index (χ2n) is 10.2. The summed E-state index contributed by atoms with van der Waals surface area (Å²) in [5.74, 6) is -1.97. The molecule has 0 rings (SSSR count). The molecule has 4 N–H and O–H groups in total. The number of carboxylic acids is 1. The summed E-state index contributed by atoms with van der Waals surface area (Å²) >= 11 is 0. The van der Waals surface area contributed by atoms with Gasteiger partial charge < -0.3 is 25.6 Å². The summed E-state index contributed by atoms with van der Waals surface area (Å²) < 4.78 is 10.7. The summed E-state index contributed by atoms with van der Waals surface area (Å²) in [6, 6.07) is -2.49. The monoisotopic (exact) mass is 459 g/mol. The van der Waals surface area contributed by atoms with Crippen LogP contribution < -0.4 is 11.1 Å². The molecule has 0 bridgehead atoms. The number of hydrogen-bond donors (Lipinski definition) is 3. The van der Waals surface area contributed by atoms with Crippen LogP contribution in [0.2, 0.25) is 0 Å². The third-order valence-corrected chi connectivity index (χ3v) is 4.05. The Balaban J connectivity index is 6.10. The highest BCUT2D eigenvalue weighted by molar-refractivity contribution is 5.96. The van der Waals surface area contributed by atoms with Gasteiger partial charge in [-0.1, -0.05) is 13.8 Å². The lowest BCUT2D eigenvalue weighted by Crippen LogP contribution is -2.57. The Kier molecular flexibility index (Phi) is 11.7. The van der Waals surface area contributed by atoms with Crippen LogP contribution in [0.5, 0.6) is 0 Å². The van der Waals surface area contributed by atoms with Crippen LogP contribution in [0.15, 0.2) is 0 Å². The molecule has 3 amide bonds. The first-order valence-corrected chi connectivity index (χ1v) is 11.0. The molecule has 0 aliphatic heterocycles. The second-order valence-corrected chi connectivity index (χ2v) is 10.2. The maximum Gasteiger partial charge on any atom is 0.420 e. The molecule has 0 aliphatic carbocycles. The van der Waals surface area contributed by atoms with Crippen LogP contribution in [0.3, 0.4) is 0 Å². The fourth-order valence-electron chi connectivity index (χ4n) is 2.77. The molecule has 0 aromatic heterocycles. The standard InChI is InChI=1S/C22H41N3O7/c1-14(2)13-15(18(27)28)24-17(26)16(11-9-10-12-23)25(19(29)31-21(3,4)5)20(30)32-22(6,7)8/h14-16H,9-13,23H2,1-8H3,(H,24,26)(H,27,28)/t15?,16-/m0/s1. The van der Waals surface area contributed by atoms with E-state index in [0.717, 1.165) is 0 Å². The number of hydrogen-bond acceptors (Lipinski definition) is 7. The van der Waals surface area contributed by atoms with E-state index in [2.05, 4.69) is 5.32 Å². The molecular formula is C22H41N3O7. The van der Waals surface area contributed by atoms with Crippen molar-refractivity contribution < 1.29 is 33.8 Å². The Morgan fingerprint density at radius 3 is 1.75 bits per heavy atom. The van der Waals surface area contributed by atoms with Crippen molar-refractivity contribution in [3.63, 3.8) is 0 Å². The van der Waals surface area contributed by atoms with Crippen molar-refractivity contribution in [3.8, 4) is 0 Å². The molecule has 0 radical (unpaired) electrons. The highest BCUT2D eigenvalue weighted by atomic mass is 16.6.